The van der Waals surface area contributed by atoms with E-state index in [-0.39, 0.29) is 0 Å². The molecule has 0 bridgehead atoms. The van der Waals surface area contributed by atoms with Crippen molar-refractivity contribution in [2.75, 3.05) is 0 Å². The maximum Gasteiger partial charge on any atom is 0.147 e. The summed E-state index contributed by atoms with van der Waals surface area (Å²) < 4.78 is 3.57. The largest absolute Gasteiger partial charge is 0.292 e. The predicted octanol–water partition coefficient (Wildman–Crippen LogP) is 8.73. The zero-order valence-corrected chi connectivity index (χ0v) is 19.2. The van der Waals surface area contributed by atoms with Crippen LogP contribution in [0, 0.1) is 0 Å². The third-order valence-corrected chi connectivity index (χ3v) is 7.44. The summed E-state index contributed by atoms with van der Waals surface area (Å²) in [6, 6.07) is 40.9. The molecular formula is C31H20N2S. The highest BCUT2D eigenvalue weighted by atomic mass is 32.1. The Morgan fingerprint density at radius 2 is 1.41 bits per heavy atom. The minimum Gasteiger partial charge on any atom is -0.292 e. The number of hydrogen-bond acceptors (Lipinski definition) is 2. The van der Waals surface area contributed by atoms with Crippen LogP contribution in [0.25, 0.3) is 60.1 Å². The van der Waals surface area contributed by atoms with Crippen LogP contribution in [0.1, 0.15) is 0 Å². The summed E-state index contributed by atoms with van der Waals surface area (Å²) in [7, 11) is 0. The second-order valence-corrected chi connectivity index (χ2v) is 9.43. The van der Waals surface area contributed by atoms with Crippen LogP contribution in [0.4, 0.5) is 0 Å². The Balaban J connectivity index is 1.50. The first-order chi connectivity index (χ1) is 16.8. The van der Waals surface area contributed by atoms with E-state index in [1.807, 2.05) is 0 Å². The van der Waals surface area contributed by atoms with Crippen LogP contribution in [-0.2, 0) is 0 Å². The molecule has 5 aromatic carbocycles. The smallest absolute Gasteiger partial charge is 0.147 e. The zero-order chi connectivity index (χ0) is 22.5. The highest BCUT2D eigenvalue weighted by Gasteiger charge is 2.18. The highest BCUT2D eigenvalue weighted by Crippen LogP contribution is 2.39. The van der Waals surface area contributed by atoms with Crippen LogP contribution in [0.2, 0.25) is 0 Å². The Morgan fingerprint density at radius 1 is 0.618 bits per heavy atom. The molecule has 160 valence electrons. The van der Waals surface area contributed by atoms with E-state index in [0.29, 0.717) is 0 Å². The lowest BCUT2D eigenvalue weighted by molar-refractivity contribution is 1.11. The topological polar surface area (TPSA) is 17.8 Å². The average Bonchev–Trinajstić information content (AvgIpc) is 3.50. The van der Waals surface area contributed by atoms with Gasteiger partial charge in [0.05, 0.1) is 11.0 Å². The van der Waals surface area contributed by atoms with Gasteiger partial charge in [0, 0.05) is 26.7 Å². The first-order valence-electron chi connectivity index (χ1n) is 11.4. The molecule has 0 unspecified atom stereocenters. The van der Waals surface area contributed by atoms with Crippen molar-refractivity contribution in [2.24, 2.45) is 0 Å². The van der Waals surface area contributed by atoms with E-state index in [4.69, 9.17) is 4.98 Å². The summed E-state index contributed by atoms with van der Waals surface area (Å²) in [6.07, 6.45) is 0. The molecule has 0 aliphatic carbocycles. The van der Waals surface area contributed by atoms with Crippen molar-refractivity contribution in [3.05, 3.63) is 121 Å². The van der Waals surface area contributed by atoms with Crippen molar-refractivity contribution < 1.29 is 0 Å². The quantitative estimate of drug-likeness (QED) is 0.262. The van der Waals surface area contributed by atoms with E-state index in [9.17, 15) is 0 Å². The predicted molar refractivity (Wildman–Crippen MR) is 145 cm³/mol. The standard InChI is InChI=1S/C31H20N2S/c1-2-8-21(9-3-1)24-15-17-30-26(19-24)27(20-34-30)31-32-28-12-6-7-13-29(28)33(31)25-16-14-22-10-4-5-11-23(22)18-25/h1-20H. The first kappa shape index (κ1) is 19.3. The summed E-state index contributed by atoms with van der Waals surface area (Å²) in [4.78, 5) is 5.13. The Bertz CT molecular complexity index is 1810. The van der Waals surface area contributed by atoms with E-state index in [2.05, 4.69) is 125 Å². The number of imidazole rings is 1. The van der Waals surface area contributed by atoms with Gasteiger partial charge in [0.15, 0.2) is 0 Å². The van der Waals surface area contributed by atoms with E-state index in [1.165, 1.54) is 37.5 Å². The number of thiophene rings is 1. The van der Waals surface area contributed by atoms with Crippen LogP contribution in [0.5, 0.6) is 0 Å². The number of rotatable bonds is 3. The molecule has 2 heterocycles. The molecule has 0 saturated heterocycles. The third-order valence-electron chi connectivity index (χ3n) is 6.47. The summed E-state index contributed by atoms with van der Waals surface area (Å²) in [5.74, 6) is 0.980. The minimum atomic E-state index is 0.980. The van der Waals surface area contributed by atoms with Gasteiger partial charge in [-0.15, -0.1) is 11.3 Å². The van der Waals surface area contributed by atoms with Gasteiger partial charge < -0.3 is 0 Å². The molecule has 3 heteroatoms. The fraction of sp³-hybridized carbons (Fsp3) is 0. The maximum atomic E-state index is 5.13. The number of nitrogens with zero attached hydrogens (tertiary/aromatic N) is 2. The number of benzene rings is 5. The van der Waals surface area contributed by atoms with Crippen molar-refractivity contribution >= 4 is 43.2 Å². The first-order valence-corrected chi connectivity index (χ1v) is 12.3. The summed E-state index contributed by atoms with van der Waals surface area (Å²) in [5, 5.41) is 5.96. The van der Waals surface area contributed by atoms with Gasteiger partial charge in [-0.3, -0.25) is 4.57 Å². The number of para-hydroxylation sites is 2. The lowest BCUT2D eigenvalue weighted by Crippen LogP contribution is -1.97. The van der Waals surface area contributed by atoms with Crippen LogP contribution >= 0.6 is 11.3 Å². The third kappa shape index (κ3) is 3.06. The van der Waals surface area contributed by atoms with Crippen LogP contribution in [-0.4, -0.2) is 9.55 Å². The van der Waals surface area contributed by atoms with Crippen LogP contribution in [0.3, 0.4) is 0 Å². The van der Waals surface area contributed by atoms with Gasteiger partial charge in [-0.05, 0) is 58.3 Å². The Kier molecular flexibility index (Phi) is 4.36. The lowest BCUT2D eigenvalue weighted by Gasteiger charge is -2.11. The molecule has 0 fully saturated rings. The molecule has 7 rings (SSSR count). The average molecular weight is 453 g/mol. The minimum absolute atomic E-state index is 0.980. The molecular weight excluding hydrogens is 432 g/mol. The van der Waals surface area contributed by atoms with Crippen molar-refractivity contribution in [2.45, 2.75) is 0 Å². The Morgan fingerprint density at radius 3 is 2.32 bits per heavy atom. The van der Waals surface area contributed by atoms with Gasteiger partial charge in [-0.25, -0.2) is 4.98 Å². The van der Waals surface area contributed by atoms with Crippen molar-refractivity contribution in [1.82, 2.24) is 9.55 Å². The molecule has 0 amide bonds. The van der Waals surface area contributed by atoms with Crippen LogP contribution in [0.15, 0.2) is 121 Å². The SMILES string of the molecule is c1ccc(-c2ccc3scc(-c4nc5ccccc5n4-c4ccc5ccccc5c4)c3c2)cc1. The molecule has 0 aliphatic heterocycles. The molecule has 0 spiro atoms. The van der Waals surface area contributed by atoms with Crippen LogP contribution < -0.4 is 0 Å². The van der Waals surface area contributed by atoms with Crippen molar-refractivity contribution in [1.29, 1.82) is 0 Å². The maximum absolute atomic E-state index is 5.13. The zero-order valence-electron chi connectivity index (χ0n) is 18.3. The molecule has 0 radical (unpaired) electrons. The fourth-order valence-electron chi connectivity index (χ4n) is 4.80. The summed E-state index contributed by atoms with van der Waals surface area (Å²) in [6.45, 7) is 0. The molecule has 0 saturated carbocycles. The van der Waals surface area contributed by atoms with Gasteiger partial charge >= 0.3 is 0 Å². The number of fused-ring (bicyclic) bond motifs is 3. The van der Waals surface area contributed by atoms with Crippen molar-refractivity contribution in [3.63, 3.8) is 0 Å². The van der Waals surface area contributed by atoms with Gasteiger partial charge in [0.25, 0.3) is 0 Å². The molecule has 7 aromatic rings. The van der Waals surface area contributed by atoms with E-state index in [0.717, 1.165) is 22.5 Å². The van der Waals surface area contributed by atoms with Gasteiger partial charge in [-0.1, -0.05) is 78.9 Å². The Hall–Kier alpha value is -4.21. The lowest BCUT2D eigenvalue weighted by atomic mass is 10.0. The normalized spacial score (nSPS) is 11.5. The fourth-order valence-corrected chi connectivity index (χ4v) is 5.72. The van der Waals surface area contributed by atoms with Gasteiger partial charge in [0.1, 0.15) is 5.82 Å². The second kappa shape index (κ2) is 7.68. The van der Waals surface area contributed by atoms with E-state index in [1.54, 1.807) is 11.3 Å². The number of aromatic nitrogens is 2. The second-order valence-electron chi connectivity index (χ2n) is 8.52. The summed E-state index contributed by atoms with van der Waals surface area (Å²) >= 11 is 1.78. The number of hydrogen-bond donors (Lipinski definition) is 0. The van der Waals surface area contributed by atoms with E-state index >= 15 is 0 Å². The molecule has 2 aromatic heterocycles. The molecule has 34 heavy (non-hydrogen) atoms. The monoisotopic (exact) mass is 452 g/mol. The summed E-state index contributed by atoms with van der Waals surface area (Å²) in [5.41, 5.74) is 6.87. The molecule has 0 N–H and O–H groups in total. The Labute approximate surface area is 201 Å². The van der Waals surface area contributed by atoms with Gasteiger partial charge in [-0.2, -0.15) is 0 Å². The highest BCUT2D eigenvalue weighted by molar-refractivity contribution is 7.17. The van der Waals surface area contributed by atoms with E-state index < -0.39 is 0 Å². The van der Waals surface area contributed by atoms with Gasteiger partial charge in [0.2, 0.25) is 0 Å². The molecule has 2 nitrogen and oxygen atoms in total. The molecule has 0 aliphatic rings. The molecule has 0 atom stereocenters. The van der Waals surface area contributed by atoms with Crippen molar-refractivity contribution in [3.8, 4) is 28.2 Å².